The Labute approximate surface area is 137 Å². The zero-order valence-corrected chi connectivity index (χ0v) is 13.7. The highest BCUT2D eigenvalue weighted by atomic mass is 127. The van der Waals surface area contributed by atoms with Crippen LogP contribution in [0.3, 0.4) is 0 Å². The zero-order chi connectivity index (χ0) is 15.2. The molecule has 0 saturated heterocycles. The standard InChI is InChI=1S/C17H15IO3/c1-12(19)21-17(14-10-6-3-7-11-14)15(18)16(20)13-8-4-2-5-9-13/h2-11,15,17H,1H3. The highest BCUT2D eigenvalue weighted by Crippen LogP contribution is 2.29. The molecule has 2 aromatic rings. The number of carbonyl (C=O) groups excluding carboxylic acids is 2. The van der Waals surface area contributed by atoms with Crippen LogP contribution in [0, 0.1) is 0 Å². The lowest BCUT2D eigenvalue weighted by atomic mass is 10.00. The van der Waals surface area contributed by atoms with Crippen molar-refractivity contribution >= 4 is 34.3 Å². The molecule has 108 valence electrons. The van der Waals surface area contributed by atoms with Crippen molar-refractivity contribution in [3.05, 3.63) is 71.8 Å². The van der Waals surface area contributed by atoms with E-state index in [0.29, 0.717) is 5.56 Å². The average Bonchev–Trinajstić information content (AvgIpc) is 2.53. The smallest absolute Gasteiger partial charge is 0.303 e. The molecule has 2 unspecified atom stereocenters. The van der Waals surface area contributed by atoms with Crippen molar-refractivity contribution in [3.8, 4) is 0 Å². The molecule has 0 radical (unpaired) electrons. The normalized spacial score (nSPS) is 13.2. The van der Waals surface area contributed by atoms with Gasteiger partial charge < -0.3 is 4.74 Å². The summed E-state index contributed by atoms with van der Waals surface area (Å²) in [6.07, 6.45) is -0.586. The Bertz CT molecular complexity index is 610. The number of benzene rings is 2. The van der Waals surface area contributed by atoms with E-state index in [0.717, 1.165) is 5.56 Å². The predicted octanol–water partition coefficient (Wildman–Crippen LogP) is 3.98. The van der Waals surface area contributed by atoms with E-state index >= 15 is 0 Å². The SMILES string of the molecule is CC(=O)OC(c1ccccc1)C(I)C(=O)c1ccccc1. The van der Waals surface area contributed by atoms with Gasteiger partial charge in [0.05, 0.1) is 0 Å². The first-order valence-corrected chi connectivity index (χ1v) is 7.79. The second-order valence-electron chi connectivity index (χ2n) is 4.57. The van der Waals surface area contributed by atoms with Crippen LogP contribution in [0.25, 0.3) is 0 Å². The van der Waals surface area contributed by atoms with Crippen molar-refractivity contribution < 1.29 is 14.3 Å². The number of alkyl halides is 1. The number of halogens is 1. The molecule has 21 heavy (non-hydrogen) atoms. The number of ketones is 1. The monoisotopic (exact) mass is 394 g/mol. The van der Waals surface area contributed by atoms with Gasteiger partial charge in [0.2, 0.25) is 0 Å². The zero-order valence-electron chi connectivity index (χ0n) is 11.5. The third-order valence-corrected chi connectivity index (χ3v) is 4.21. The molecule has 0 heterocycles. The van der Waals surface area contributed by atoms with Crippen LogP contribution >= 0.6 is 22.6 Å². The fourth-order valence-corrected chi connectivity index (χ4v) is 2.94. The molecule has 0 aromatic heterocycles. The van der Waals surface area contributed by atoms with Crippen LogP contribution in [0.4, 0.5) is 0 Å². The molecule has 3 nitrogen and oxygen atoms in total. The molecule has 0 fully saturated rings. The number of hydrogen-bond acceptors (Lipinski definition) is 3. The summed E-state index contributed by atoms with van der Waals surface area (Å²) in [5, 5.41) is 0. The predicted molar refractivity (Wildman–Crippen MR) is 89.5 cm³/mol. The molecule has 0 saturated carbocycles. The minimum atomic E-state index is -0.586. The minimum absolute atomic E-state index is 0.0497. The Balaban J connectivity index is 2.28. The second-order valence-corrected chi connectivity index (χ2v) is 5.91. The van der Waals surface area contributed by atoms with Crippen LogP contribution in [0.15, 0.2) is 60.7 Å². The van der Waals surface area contributed by atoms with Crippen LogP contribution in [0.5, 0.6) is 0 Å². The Kier molecular flexibility index (Phi) is 5.50. The number of hydrogen-bond donors (Lipinski definition) is 0. The first-order valence-electron chi connectivity index (χ1n) is 6.55. The van der Waals surface area contributed by atoms with Gasteiger partial charge in [-0.25, -0.2) is 0 Å². The van der Waals surface area contributed by atoms with Gasteiger partial charge in [-0.3, -0.25) is 9.59 Å². The van der Waals surface area contributed by atoms with Gasteiger partial charge in [-0.1, -0.05) is 83.3 Å². The molecular weight excluding hydrogens is 379 g/mol. The minimum Gasteiger partial charge on any atom is -0.456 e. The van der Waals surface area contributed by atoms with Gasteiger partial charge in [-0.05, 0) is 5.56 Å². The molecule has 0 aliphatic carbocycles. The summed E-state index contributed by atoms with van der Waals surface area (Å²) in [5.41, 5.74) is 1.43. The van der Waals surface area contributed by atoms with Gasteiger partial charge in [0.25, 0.3) is 0 Å². The fourth-order valence-electron chi connectivity index (χ4n) is 2.02. The molecule has 0 aliphatic rings. The van der Waals surface area contributed by atoms with E-state index in [4.69, 9.17) is 4.74 Å². The van der Waals surface area contributed by atoms with Gasteiger partial charge in [0.15, 0.2) is 5.78 Å². The summed E-state index contributed by atoms with van der Waals surface area (Å²) < 4.78 is 4.90. The Morgan fingerprint density at radius 3 is 2.00 bits per heavy atom. The summed E-state index contributed by atoms with van der Waals surface area (Å²) in [6, 6.07) is 18.4. The van der Waals surface area contributed by atoms with Crippen molar-refractivity contribution in [1.82, 2.24) is 0 Å². The molecule has 0 N–H and O–H groups in total. The molecule has 2 aromatic carbocycles. The lowest BCUT2D eigenvalue weighted by Crippen LogP contribution is -2.26. The maximum atomic E-state index is 12.5. The topological polar surface area (TPSA) is 43.4 Å². The molecule has 0 aliphatic heterocycles. The van der Waals surface area contributed by atoms with Crippen LogP contribution in [0.2, 0.25) is 0 Å². The van der Waals surface area contributed by atoms with Crippen LogP contribution in [-0.4, -0.2) is 15.7 Å². The van der Waals surface area contributed by atoms with E-state index < -0.39 is 16.0 Å². The van der Waals surface area contributed by atoms with Crippen molar-refractivity contribution in [3.63, 3.8) is 0 Å². The Hall–Kier alpha value is -1.69. The van der Waals surface area contributed by atoms with Gasteiger partial charge >= 0.3 is 5.97 Å². The number of Topliss-reactive ketones (excluding diaryl/α,β-unsaturated/α-hetero) is 1. The first kappa shape index (κ1) is 15.7. The quantitative estimate of drug-likeness (QED) is 0.334. The molecule has 2 rings (SSSR count). The Morgan fingerprint density at radius 2 is 1.48 bits per heavy atom. The van der Waals surface area contributed by atoms with E-state index in [1.54, 1.807) is 12.1 Å². The molecule has 0 amide bonds. The second kappa shape index (κ2) is 7.36. The highest BCUT2D eigenvalue weighted by Gasteiger charge is 2.30. The van der Waals surface area contributed by atoms with E-state index in [2.05, 4.69) is 0 Å². The molecular formula is C17H15IO3. The van der Waals surface area contributed by atoms with Crippen molar-refractivity contribution in [2.45, 2.75) is 17.0 Å². The highest BCUT2D eigenvalue weighted by molar-refractivity contribution is 14.1. The molecule has 0 bridgehead atoms. The van der Waals surface area contributed by atoms with Gasteiger partial charge in [-0.2, -0.15) is 0 Å². The maximum Gasteiger partial charge on any atom is 0.303 e. The van der Waals surface area contributed by atoms with E-state index in [1.165, 1.54) is 6.92 Å². The van der Waals surface area contributed by atoms with Gasteiger partial charge in [-0.15, -0.1) is 0 Å². The summed E-state index contributed by atoms with van der Waals surface area (Å²) in [7, 11) is 0. The lowest BCUT2D eigenvalue weighted by molar-refractivity contribution is -0.146. The van der Waals surface area contributed by atoms with E-state index in [-0.39, 0.29) is 5.78 Å². The van der Waals surface area contributed by atoms with Crippen molar-refractivity contribution in [2.24, 2.45) is 0 Å². The molecule has 0 spiro atoms. The van der Waals surface area contributed by atoms with Crippen LogP contribution in [-0.2, 0) is 9.53 Å². The number of ether oxygens (including phenoxy) is 1. The summed E-state index contributed by atoms with van der Waals surface area (Å²) in [4.78, 5) is 23.9. The van der Waals surface area contributed by atoms with Crippen LogP contribution in [0.1, 0.15) is 28.9 Å². The third-order valence-electron chi connectivity index (χ3n) is 3.00. The number of carbonyl (C=O) groups is 2. The molecule has 2 atom stereocenters. The third kappa shape index (κ3) is 4.14. The van der Waals surface area contributed by atoms with Gasteiger partial charge in [0.1, 0.15) is 10.0 Å². The Morgan fingerprint density at radius 1 is 0.952 bits per heavy atom. The average molecular weight is 394 g/mol. The van der Waals surface area contributed by atoms with E-state index in [1.807, 2.05) is 71.1 Å². The lowest BCUT2D eigenvalue weighted by Gasteiger charge is -2.22. The maximum absolute atomic E-state index is 12.5. The molecule has 4 heteroatoms. The van der Waals surface area contributed by atoms with Gasteiger partial charge in [0, 0.05) is 12.5 Å². The summed E-state index contributed by atoms with van der Waals surface area (Å²) in [5.74, 6) is -0.447. The van der Waals surface area contributed by atoms with Crippen molar-refractivity contribution in [2.75, 3.05) is 0 Å². The first-order chi connectivity index (χ1) is 10.1. The number of esters is 1. The largest absolute Gasteiger partial charge is 0.456 e. The van der Waals surface area contributed by atoms with Crippen LogP contribution < -0.4 is 0 Å². The van der Waals surface area contributed by atoms with Crippen molar-refractivity contribution in [1.29, 1.82) is 0 Å². The summed E-state index contributed by atoms with van der Waals surface area (Å²) >= 11 is 2.04. The summed E-state index contributed by atoms with van der Waals surface area (Å²) in [6.45, 7) is 1.35. The fraction of sp³-hybridized carbons (Fsp3) is 0.176. The number of rotatable bonds is 5. The van der Waals surface area contributed by atoms with E-state index in [9.17, 15) is 9.59 Å².